The minimum absolute atomic E-state index is 0.0397. The molecule has 1 amide bonds. The maximum atomic E-state index is 12.5. The molecule has 1 N–H and O–H groups in total. The molecule has 0 aliphatic heterocycles. The minimum Gasteiger partial charge on any atom is -0.322 e. The fourth-order valence-corrected chi connectivity index (χ4v) is 3.80. The number of sulfonamides is 1. The molecule has 0 aliphatic carbocycles. The summed E-state index contributed by atoms with van der Waals surface area (Å²) < 4.78 is 25.8. The molecule has 0 fully saturated rings. The van der Waals surface area contributed by atoms with Crippen molar-refractivity contribution in [2.75, 3.05) is 15.9 Å². The molecule has 3 aromatic rings. The molecule has 154 valence electrons. The van der Waals surface area contributed by atoms with E-state index in [1.54, 1.807) is 72.8 Å². The number of nitrogens with zero attached hydrogens (tertiary/aromatic N) is 1. The van der Waals surface area contributed by atoms with Gasteiger partial charge in [-0.1, -0.05) is 30.3 Å². The Balaban J connectivity index is 1.72. The summed E-state index contributed by atoms with van der Waals surface area (Å²) in [6.45, 7) is 1.65. The second-order valence-corrected chi connectivity index (χ2v) is 8.80. The van der Waals surface area contributed by atoms with Crippen molar-refractivity contribution in [3.8, 4) is 0 Å². The Bertz CT molecular complexity index is 1140. The molecule has 0 aromatic heterocycles. The third kappa shape index (κ3) is 5.33. The molecule has 0 heterocycles. The Kier molecular flexibility index (Phi) is 6.32. The van der Waals surface area contributed by atoms with Gasteiger partial charge in [-0.3, -0.25) is 13.9 Å². The first-order valence-electron chi connectivity index (χ1n) is 9.28. The van der Waals surface area contributed by atoms with Crippen LogP contribution in [-0.4, -0.2) is 26.4 Å². The lowest BCUT2D eigenvalue weighted by molar-refractivity contribution is 0.101. The summed E-state index contributed by atoms with van der Waals surface area (Å²) >= 11 is 0. The van der Waals surface area contributed by atoms with Gasteiger partial charge in [0.15, 0.2) is 5.78 Å². The summed E-state index contributed by atoms with van der Waals surface area (Å²) in [6.07, 6.45) is 1.17. The van der Waals surface area contributed by atoms with E-state index in [-0.39, 0.29) is 18.2 Å². The smallest absolute Gasteiger partial charge is 0.255 e. The van der Waals surface area contributed by atoms with Gasteiger partial charge in [-0.25, -0.2) is 8.42 Å². The van der Waals surface area contributed by atoms with Crippen LogP contribution >= 0.6 is 0 Å². The third-order valence-electron chi connectivity index (χ3n) is 4.54. The fourth-order valence-electron chi connectivity index (χ4n) is 2.91. The lowest BCUT2D eigenvalue weighted by Gasteiger charge is -2.22. The normalized spacial score (nSPS) is 11.0. The molecule has 0 aliphatic rings. The van der Waals surface area contributed by atoms with Gasteiger partial charge in [-0.2, -0.15) is 0 Å². The molecule has 0 spiro atoms. The predicted molar refractivity (Wildman–Crippen MR) is 118 cm³/mol. The van der Waals surface area contributed by atoms with Crippen molar-refractivity contribution in [2.45, 2.75) is 13.5 Å². The standard InChI is InChI=1S/C23H22N2O4S/c1-17(26)19-12-14-21(15-13-19)24-23(27)20-10-8-18(9-11-20)16-25(30(2,28)29)22-6-4-3-5-7-22/h3-15H,16H2,1-2H3,(H,24,27). The zero-order valence-electron chi connectivity index (χ0n) is 16.7. The molecule has 7 heteroatoms. The van der Waals surface area contributed by atoms with Gasteiger partial charge in [0.05, 0.1) is 18.5 Å². The number of ketones is 1. The van der Waals surface area contributed by atoms with Crippen molar-refractivity contribution in [2.24, 2.45) is 0 Å². The molecule has 0 saturated carbocycles. The van der Waals surface area contributed by atoms with Crippen LogP contribution in [0.3, 0.4) is 0 Å². The number of carbonyl (C=O) groups is 2. The van der Waals surface area contributed by atoms with Gasteiger partial charge in [0.2, 0.25) is 10.0 Å². The zero-order valence-corrected chi connectivity index (χ0v) is 17.5. The Labute approximate surface area is 176 Å². The summed E-state index contributed by atoms with van der Waals surface area (Å²) in [4.78, 5) is 23.8. The number of carbonyl (C=O) groups excluding carboxylic acids is 2. The Morgan fingerprint density at radius 3 is 1.93 bits per heavy atom. The quantitative estimate of drug-likeness (QED) is 0.581. The van der Waals surface area contributed by atoms with Crippen LogP contribution in [0.15, 0.2) is 78.9 Å². The van der Waals surface area contributed by atoms with Crippen LogP contribution in [0.1, 0.15) is 33.2 Å². The Morgan fingerprint density at radius 1 is 0.833 bits per heavy atom. The number of amides is 1. The lowest BCUT2D eigenvalue weighted by atomic mass is 10.1. The van der Waals surface area contributed by atoms with E-state index in [1.807, 2.05) is 6.07 Å². The topological polar surface area (TPSA) is 83.6 Å². The molecule has 0 radical (unpaired) electrons. The number of hydrogen-bond acceptors (Lipinski definition) is 4. The van der Waals surface area contributed by atoms with Gasteiger partial charge < -0.3 is 5.32 Å². The second kappa shape index (κ2) is 8.92. The van der Waals surface area contributed by atoms with Gasteiger partial charge in [0.25, 0.3) is 5.91 Å². The lowest BCUT2D eigenvalue weighted by Crippen LogP contribution is -2.29. The summed E-state index contributed by atoms with van der Waals surface area (Å²) in [5.74, 6) is -0.331. The number of rotatable bonds is 7. The molecule has 0 atom stereocenters. The second-order valence-electron chi connectivity index (χ2n) is 6.89. The molecule has 30 heavy (non-hydrogen) atoms. The first kappa shape index (κ1) is 21.3. The highest BCUT2D eigenvalue weighted by atomic mass is 32.2. The molecule has 0 unspecified atom stereocenters. The van der Waals surface area contributed by atoms with E-state index in [4.69, 9.17) is 0 Å². The van der Waals surface area contributed by atoms with Gasteiger partial charge in [0, 0.05) is 16.8 Å². The van der Waals surface area contributed by atoms with E-state index in [2.05, 4.69) is 5.32 Å². The van der Waals surface area contributed by atoms with E-state index < -0.39 is 10.0 Å². The summed E-state index contributed by atoms with van der Waals surface area (Å²) in [7, 11) is -3.46. The van der Waals surface area contributed by atoms with Gasteiger partial charge in [0.1, 0.15) is 0 Å². The van der Waals surface area contributed by atoms with Crippen LogP contribution in [0, 0.1) is 0 Å². The molecular formula is C23H22N2O4S. The van der Waals surface area contributed by atoms with Crippen LogP contribution in [-0.2, 0) is 16.6 Å². The highest BCUT2D eigenvalue weighted by molar-refractivity contribution is 7.92. The fraction of sp³-hybridized carbons (Fsp3) is 0.130. The number of Topliss-reactive ketones (excluding diaryl/α,β-unsaturated/α-hetero) is 1. The molecule has 3 aromatic carbocycles. The average Bonchev–Trinajstić information content (AvgIpc) is 2.72. The number of benzene rings is 3. The summed E-state index contributed by atoms with van der Waals surface area (Å²) in [5, 5.41) is 2.78. The van der Waals surface area contributed by atoms with E-state index in [0.29, 0.717) is 22.5 Å². The number of nitrogens with one attached hydrogen (secondary N) is 1. The van der Waals surface area contributed by atoms with Gasteiger partial charge in [-0.15, -0.1) is 0 Å². The number of anilines is 2. The Morgan fingerprint density at radius 2 is 1.40 bits per heavy atom. The van der Waals surface area contributed by atoms with Crippen molar-refractivity contribution >= 4 is 33.1 Å². The average molecular weight is 423 g/mol. The molecule has 3 rings (SSSR count). The molecule has 0 bridgehead atoms. The van der Waals surface area contributed by atoms with Crippen molar-refractivity contribution in [3.05, 3.63) is 95.6 Å². The molecule has 6 nitrogen and oxygen atoms in total. The van der Waals surface area contributed by atoms with Crippen LogP contribution in [0.5, 0.6) is 0 Å². The maximum Gasteiger partial charge on any atom is 0.255 e. The highest BCUT2D eigenvalue weighted by Gasteiger charge is 2.18. The van der Waals surface area contributed by atoms with Crippen LogP contribution in [0.2, 0.25) is 0 Å². The first-order valence-corrected chi connectivity index (χ1v) is 11.1. The number of para-hydroxylation sites is 1. The zero-order chi connectivity index (χ0) is 21.7. The van der Waals surface area contributed by atoms with E-state index in [9.17, 15) is 18.0 Å². The van der Waals surface area contributed by atoms with E-state index in [1.165, 1.54) is 17.5 Å². The monoisotopic (exact) mass is 422 g/mol. The van der Waals surface area contributed by atoms with Gasteiger partial charge in [-0.05, 0) is 61.0 Å². The van der Waals surface area contributed by atoms with Crippen LogP contribution in [0.4, 0.5) is 11.4 Å². The summed E-state index contributed by atoms with van der Waals surface area (Å²) in [5.41, 5.74) is 2.94. The van der Waals surface area contributed by atoms with Crippen molar-refractivity contribution in [1.82, 2.24) is 0 Å². The molecular weight excluding hydrogens is 400 g/mol. The first-order chi connectivity index (χ1) is 14.2. The van der Waals surface area contributed by atoms with Crippen LogP contribution in [0.25, 0.3) is 0 Å². The summed E-state index contributed by atoms with van der Waals surface area (Å²) in [6, 6.07) is 22.3. The molecule has 0 saturated heterocycles. The Hall–Kier alpha value is -3.45. The van der Waals surface area contributed by atoms with E-state index in [0.717, 1.165) is 5.56 Å². The van der Waals surface area contributed by atoms with Crippen molar-refractivity contribution in [3.63, 3.8) is 0 Å². The van der Waals surface area contributed by atoms with Crippen molar-refractivity contribution in [1.29, 1.82) is 0 Å². The van der Waals surface area contributed by atoms with E-state index >= 15 is 0 Å². The highest BCUT2D eigenvalue weighted by Crippen LogP contribution is 2.20. The van der Waals surface area contributed by atoms with Gasteiger partial charge >= 0.3 is 0 Å². The minimum atomic E-state index is -3.46. The third-order valence-corrected chi connectivity index (χ3v) is 5.68. The number of hydrogen-bond donors (Lipinski definition) is 1. The SMILES string of the molecule is CC(=O)c1ccc(NC(=O)c2ccc(CN(c3ccccc3)S(C)(=O)=O)cc2)cc1. The maximum absolute atomic E-state index is 12.5. The predicted octanol–water partition coefficient (Wildman–Crippen LogP) is 4.11. The van der Waals surface area contributed by atoms with Crippen LogP contribution < -0.4 is 9.62 Å². The largest absolute Gasteiger partial charge is 0.322 e. The van der Waals surface area contributed by atoms with Crippen molar-refractivity contribution < 1.29 is 18.0 Å².